The number of ether oxygens (including phenoxy) is 1. The Morgan fingerprint density at radius 3 is 2.47 bits per heavy atom. The van der Waals surface area contributed by atoms with Gasteiger partial charge in [0.1, 0.15) is 11.6 Å². The van der Waals surface area contributed by atoms with Crippen LogP contribution in [-0.2, 0) is 19.1 Å². The molecule has 3 saturated heterocycles. The lowest BCUT2D eigenvalue weighted by Gasteiger charge is -2.38. The number of rotatable bonds is 13. The number of fused-ring (bicyclic) bond motifs is 1. The maximum absolute atomic E-state index is 14.1. The van der Waals surface area contributed by atoms with Gasteiger partial charge in [-0.25, -0.2) is 0 Å². The van der Waals surface area contributed by atoms with Crippen LogP contribution in [0.4, 0.5) is 5.69 Å². The van der Waals surface area contributed by atoms with E-state index in [0.717, 1.165) is 12.1 Å². The third kappa shape index (κ3) is 4.80. The molecule has 3 heterocycles. The molecule has 0 radical (unpaired) electrons. The van der Waals surface area contributed by atoms with Crippen molar-refractivity contribution in [2.24, 2.45) is 11.8 Å². The summed E-state index contributed by atoms with van der Waals surface area (Å²) in [5.74, 6) is -1.88. The molecule has 3 fully saturated rings. The first kappa shape index (κ1) is 28.0. The van der Waals surface area contributed by atoms with Crippen LogP contribution in [0, 0.1) is 11.8 Å². The lowest BCUT2D eigenvalue weighted by Crippen LogP contribution is -2.57. The van der Waals surface area contributed by atoms with Gasteiger partial charge in [-0.05, 0) is 58.1 Å². The molecule has 206 valence electrons. The Bertz CT molecular complexity index is 1040. The molecule has 3 aliphatic rings. The summed E-state index contributed by atoms with van der Waals surface area (Å²) in [6.45, 7) is 12.7. The van der Waals surface area contributed by atoms with E-state index < -0.39 is 29.6 Å². The van der Waals surface area contributed by atoms with Crippen LogP contribution in [-0.4, -0.2) is 82.7 Å². The Morgan fingerprint density at radius 1 is 1.13 bits per heavy atom. The van der Waals surface area contributed by atoms with E-state index in [1.54, 1.807) is 26.9 Å². The van der Waals surface area contributed by atoms with E-state index in [4.69, 9.17) is 4.74 Å². The fraction of sp³-hybridized carbons (Fsp3) is 0.567. The Morgan fingerprint density at radius 2 is 1.84 bits per heavy atom. The number of aliphatic hydroxyl groups is 1. The third-order valence-corrected chi connectivity index (χ3v) is 8.25. The summed E-state index contributed by atoms with van der Waals surface area (Å²) in [6, 6.07) is 8.52. The van der Waals surface area contributed by atoms with Gasteiger partial charge >= 0.3 is 0 Å². The first-order valence-corrected chi connectivity index (χ1v) is 13.8. The predicted molar refractivity (Wildman–Crippen MR) is 146 cm³/mol. The molecule has 8 heteroatoms. The minimum atomic E-state index is -1.03. The number of nitrogens with zero attached hydrogens (tertiary/aromatic N) is 3. The van der Waals surface area contributed by atoms with Crippen molar-refractivity contribution in [3.63, 3.8) is 0 Å². The molecule has 4 rings (SSSR count). The molecular formula is C30H41N3O5. The number of carbonyl (C=O) groups is 3. The third-order valence-electron chi connectivity index (χ3n) is 8.25. The maximum Gasteiger partial charge on any atom is 0.248 e. The van der Waals surface area contributed by atoms with Crippen molar-refractivity contribution in [2.75, 3.05) is 31.1 Å². The zero-order chi connectivity index (χ0) is 27.4. The minimum absolute atomic E-state index is 0.0838. The summed E-state index contributed by atoms with van der Waals surface area (Å²) in [4.78, 5) is 47.5. The molecule has 0 aromatic heterocycles. The van der Waals surface area contributed by atoms with Crippen LogP contribution in [0.25, 0.3) is 0 Å². The summed E-state index contributed by atoms with van der Waals surface area (Å²) >= 11 is 0. The molecular weight excluding hydrogens is 482 g/mol. The topological polar surface area (TPSA) is 90.4 Å². The summed E-state index contributed by atoms with van der Waals surface area (Å²) < 4.78 is 6.60. The quantitative estimate of drug-likeness (QED) is 0.317. The number of para-hydroxylation sites is 1. The Hall–Kier alpha value is -2.97. The van der Waals surface area contributed by atoms with Crippen molar-refractivity contribution in [1.29, 1.82) is 0 Å². The number of anilines is 1. The molecule has 3 aliphatic heterocycles. The number of likely N-dealkylation sites (tertiary alicyclic amines) is 1. The largest absolute Gasteiger partial charge is 0.396 e. The zero-order valence-electron chi connectivity index (χ0n) is 22.6. The molecule has 1 spiro atoms. The van der Waals surface area contributed by atoms with Crippen molar-refractivity contribution >= 4 is 23.4 Å². The Kier molecular flexibility index (Phi) is 8.73. The SMILES string of the molecule is C=CCN(C(=O)[C@@H]1[C@@H]2CCC3(O2)C(C(=O)N(CC=C)C(C)C)N(CCCCCO)C(=O)[C@H]13)c1ccccc1. The molecule has 0 saturated carbocycles. The molecule has 2 unspecified atom stereocenters. The van der Waals surface area contributed by atoms with Gasteiger partial charge in [0.15, 0.2) is 0 Å². The molecule has 1 aromatic carbocycles. The molecule has 1 aromatic rings. The summed E-state index contributed by atoms with van der Waals surface area (Å²) in [5, 5.41) is 9.22. The fourth-order valence-electron chi connectivity index (χ4n) is 6.62. The molecule has 38 heavy (non-hydrogen) atoms. The van der Waals surface area contributed by atoms with Crippen molar-refractivity contribution < 1.29 is 24.2 Å². The predicted octanol–water partition coefficient (Wildman–Crippen LogP) is 3.17. The molecule has 2 bridgehead atoms. The van der Waals surface area contributed by atoms with Gasteiger partial charge in [0.05, 0.1) is 17.9 Å². The summed E-state index contributed by atoms with van der Waals surface area (Å²) in [6.07, 6.45) is 6.20. The van der Waals surface area contributed by atoms with E-state index in [9.17, 15) is 19.5 Å². The van der Waals surface area contributed by atoms with Crippen LogP contribution in [0.3, 0.4) is 0 Å². The highest BCUT2D eigenvalue weighted by Gasteiger charge is 2.74. The maximum atomic E-state index is 14.1. The van der Waals surface area contributed by atoms with Crippen LogP contribution in [0.15, 0.2) is 55.6 Å². The van der Waals surface area contributed by atoms with Gasteiger partial charge in [0.2, 0.25) is 17.7 Å². The smallest absolute Gasteiger partial charge is 0.248 e. The van der Waals surface area contributed by atoms with Gasteiger partial charge in [-0.3, -0.25) is 14.4 Å². The van der Waals surface area contributed by atoms with Gasteiger partial charge in [-0.15, -0.1) is 13.2 Å². The highest BCUT2D eigenvalue weighted by atomic mass is 16.5. The van der Waals surface area contributed by atoms with Crippen molar-refractivity contribution in [1.82, 2.24) is 9.80 Å². The monoisotopic (exact) mass is 523 g/mol. The summed E-state index contributed by atoms with van der Waals surface area (Å²) in [7, 11) is 0. The Labute approximate surface area is 225 Å². The van der Waals surface area contributed by atoms with Crippen molar-refractivity contribution in [2.45, 2.75) is 69.7 Å². The molecule has 3 amide bonds. The second-order valence-corrected chi connectivity index (χ2v) is 10.8. The zero-order valence-corrected chi connectivity index (χ0v) is 22.6. The normalized spacial score (nSPS) is 27.5. The van der Waals surface area contributed by atoms with Gasteiger partial charge in [0.25, 0.3) is 0 Å². The van der Waals surface area contributed by atoms with Crippen LogP contribution >= 0.6 is 0 Å². The minimum Gasteiger partial charge on any atom is -0.396 e. The average Bonchev–Trinajstić information content (AvgIpc) is 3.55. The molecule has 5 atom stereocenters. The number of hydrogen-bond acceptors (Lipinski definition) is 5. The van der Waals surface area contributed by atoms with E-state index in [1.807, 2.05) is 44.2 Å². The number of unbranched alkanes of at least 4 members (excludes halogenated alkanes) is 2. The number of benzene rings is 1. The molecule has 0 aliphatic carbocycles. The van der Waals surface area contributed by atoms with Crippen LogP contribution in [0.2, 0.25) is 0 Å². The summed E-state index contributed by atoms with van der Waals surface area (Å²) in [5.41, 5.74) is -0.286. The highest BCUT2D eigenvalue weighted by Crippen LogP contribution is 2.59. The number of aliphatic hydroxyl groups excluding tert-OH is 1. The van der Waals surface area contributed by atoms with E-state index in [-0.39, 0.29) is 30.4 Å². The van der Waals surface area contributed by atoms with E-state index in [2.05, 4.69) is 13.2 Å². The van der Waals surface area contributed by atoms with E-state index in [1.165, 1.54) is 0 Å². The number of hydrogen-bond donors (Lipinski definition) is 1. The van der Waals surface area contributed by atoms with Gasteiger partial charge < -0.3 is 24.5 Å². The lowest BCUT2D eigenvalue weighted by atomic mass is 9.70. The van der Waals surface area contributed by atoms with E-state index in [0.29, 0.717) is 45.3 Å². The van der Waals surface area contributed by atoms with Crippen molar-refractivity contribution in [3.05, 3.63) is 55.6 Å². The average molecular weight is 524 g/mol. The van der Waals surface area contributed by atoms with Gasteiger partial charge in [-0.1, -0.05) is 30.4 Å². The standard InChI is InChI=1S/C30H41N3O5/c1-5-17-31(21(3)4)29(37)26-30-16-15-23(38-30)24(25(30)28(36)33(26)19-11-8-12-20-34)27(35)32(18-6-2)22-13-9-7-10-14-22/h5-7,9-10,13-14,21,23-26,34H,1-2,8,11-12,15-20H2,3-4H3/t23-,24+,25-,26?,30?/m0/s1. The second kappa shape index (κ2) is 11.8. The molecule has 1 N–H and O–H groups in total. The first-order valence-electron chi connectivity index (χ1n) is 13.8. The lowest BCUT2D eigenvalue weighted by molar-refractivity contribution is -0.149. The van der Waals surface area contributed by atoms with Crippen LogP contribution in [0.5, 0.6) is 0 Å². The van der Waals surface area contributed by atoms with Crippen LogP contribution in [0.1, 0.15) is 46.0 Å². The highest BCUT2D eigenvalue weighted by molar-refractivity contribution is 6.03. The van der Waals surface area contributed by atoms with Gasteiger partial charge in [0, 0.05) is 38.0 Å². The van der Waals surface area contributed by atoms with Gasteiger partial charge in [-0.2, -0.15) is 0 Å². The fourth-order valence-corrected chi connectivity index (χ4v) is 6.62. The number of amides is 3. The first-order chi connectivity index (χ1) is 18.3. The van der Waals surface area contributed by atoms with E-state index >= 15 is 0 Å². The second-order valence-electron chi connectivity index (χ2n) is 10.8. The number of carbonyl (C=O) groups excluding carboxylic acids is 3. The Balaban J connectivity index is 1.72. The molecule has 8 nitrogen and oxygen atoms in total. The van der Waals surface area contributed by atoms with Crippen molar-refractivity contribution in [3.8, 4) is 0 Å². The van der Waals surface area contributed by atoms with Crippen LogP contribution < -0.4 is 4.90 Å².